The van der Waals surface area contributed by atoms with Crippen LogP contribution < -0.4 is 11.3 Å². The monoisotopic (exact) mass is 291 g/mol. The van der Waals surface area contributed by atoms with Crippen molar-refractivity contribution < 1.29 is 0 Å². The average Bonchev–Trinajstić information content (AvgIpc) is 2.49. The minimum atomic E-state index is 0.0538. The Bertz CT molecular complexity index is 434. The fraction of sp³-hybridized carbons (Fsp3) is 0.667. The first-order chi connectivity index (χ1) is 10.00. The molecule has 0 aliphatic heterocycles. The van der Waals surface area contributed by atoms with Gasteiger partial charge < -0.3 is 0 Å². The number of hydrogen-bond donors (Lipinski definition) is 2. The molecular formula is C18H33N3. The van der Waals surface area contributed by atoms with Crippen LogP contribution in [0.3, 0.4) is 0 Å². The number of likely N-dealkylation sites (N-methyl/N-ethyl adjacent to an activating group) is 1. The molecule has 0 fully saturated rings. The van der Waals surface area contributed by atoms with Gasteiger partial charge in [0.25, 0.3) is 0 Å². The molecule has 0 spiro atoms. The van der Waals surface area contributed by atoms with E-state index in [9.17, 15) is 0 Å². The third-order valence-electron chi connectivity index (χ3n) is 5.06. The molecule has 21 heavy (non-hydrogen) atoms. The van der Waals surface area contributed by atoms with Gasteiger partial charge in [-0.05, 0) is 50.9 Å². The zero-order valence-electron chi connectivity index (χ0n) is 14.7. The van der Waals surface area contributed by atoms with Crippen LogP contribution in [-0.4, -0.2) is 23.5 Å². The Labute approximate surface area is 130 Å². The molecule has 120 valence electrons. The lowest BCUT2D eigenvalue weighted by atomic mass is 9.78. The van der Waals surface area contributed by atoms with Crippen LogP contribution in [0, 0.1) is 13.8 Å². The van der Waals surface area contributed by atoms with E-state index in [0.29, 0.717) is 0 Å². The van der Waals surface area contributed by atoms with Crippen LogP contribution in [0.15, 0.2) is 18.2 Å². The van der Waals surface area contributed by atoms with Crippen molar-refractivity contribution in [3.63, 3.8) is 0 Å². The summed E-state index contributed by atoms with van der Waals surface area (Å²) in [5.41, 5.74) is 7.12. The molecule has 0 heterocycles. The second-order valence-corrected chi connectivity index (χ2v) is 5.94. The zero-order chi connectivity index (χ0) is 16.0. The van der Waals surface area contributed by atoms with Gasteiger partial charge in [0.1, 0.15) is 0 Å². The van der Waals surface area contributed by atoms with Crippen LogP contribution in [0.1, 0.15) is 63.3 Å². The summed E-state index contributed by atoms with van der Waals surface area (Å²) in [5.74, 6) is 6.02. The fourth-order valence-corrected chi connectivity index (χ4v) is 3.83. The Balaban J connectivity index is 3.37. The number of nitrogens with zero attached hydrogens (tertiary/aromatic N) is 1. The van der Waals surface area contributed by atoms with Crippen molar-refractivity contribution in [1.82, 2.24) is 10.3 Å². The highest BCUT2D eigenvalue weighted by Gasteiger charge is 2.40. The number of rotatable bonds is 8. The van der Waals surface area contributed by atoms with E-state index in [1.54, 1.807) is 0 Å². The number of nitrogens with two attached hydrogens (primary N) is 1. The van der Waals surface area contributed by atoms with Crippen LogP contribution in [0.25, 0.3) is 0 Å². The van der Waals surface area contributed by atoms with E-state index >= 15 is 0 Å². The van der Waals surface area contributed by atoms with Gasteiger partial charge in [-0.3, -0.25) is 16.2 Å². The molecule has 1 atom stereocenters. The summed E-state index contributed by atoms with van der Waals surface area (Å²) in [4.78, 5) is 2.55. The lowest BCUT2D eigenvalue weighted by Crippen LogP contribution is -2.57. The van der Waals surface area contributed by atoms with Crippen LogP contribution in [0.4, 0.5) is 0 Å². The zero-order valence-corrected chi connectivity index (χ0v) is 14.7. The summed E-state index contributed by atoms with van der Waals surface area (Å²) in [6.07, 6.45) is 2.15. The van der Waals surface area contributed by atoms with E-state index in [-0.39, 0.29) is 11.6 Å². The van der Waals surface area contributed by atoms with Crippen molar-refractivity contribution in [2.45, 2.75) is 66.0 Å². The number of aryl methyl sites for hydroxylation is 2. The van der Waals surface area contributed by atoms with Crippen molar-refractivity contribution in [3.05, 3.63) is 34.9 Å². The number of benzene rings is 1. The molecule has 1 aromatic rings. The number of hydrazine groups is 1. The molecule has 1 aromatic carbocycles. The summed E-state index contributed by atoms with van der Waals surface area (Å²) < 4.78 is 0. The van der Waals surface area contributed by atoms with Gasteiger partial charge in [-0.25, -0.2) is 0 Å². The minimum absolute atomic E-state index is 0.0538. The van der Waals surface area contributed by atoms with Gasteiger partial charge in [-0.1, -0.05) is 51.5 Å². The Kier molecular flexibility index (Phi) is 6.85. The maximum Gasteiger partial charge on any atom is 0.0646 e. The van der Waals surface area contributed by atoms with Gasteiger partial charge in [-0.15, -0.1) is 0 Å². The maximum absolute atomic E-state index is 6.02. The van der Waals surface area contributed by atoms with Gasteiger partial charge in [-0.2, -0.15) is 0 Å². The number of hydrogen-bond acceptors (Lipinski definition) is 3. The van der Waals surface area contributed by atoms with Gasteiger partial charge in [0.2, 0.25) is 0 Å². The van der Waals surface area contributed by atoms with Crippen molar-refractivity contribution >= 4 is 0 Å². The molecule has 3 heteroatoms. The first-order valence-electron chi connectivity index (χ1n) is 8.28. The molecule has 0 saturated heterocycles. The van der Waals surface area contributed by atoms with E-state index in [4.69, 9.17) is 5.84 Å². The fourth-order valence-electron chi connectivity index (χ4n) is 3.83. The van der Waals surface area contributed by atoms with E-state index in [2.05, 4.69) is 70.1 Å². The topological polar surface area (TPSA) is 41.3 Å². The Morgan fingerprint density at radius 1 is 1.10 bits per heavy atom. The lowest BCUT2D eigenvalue weighted by molar-refractivity contribution is 0.0485. The van der Waals surface area contributed by atoms with Crippen LogP contribution in [0.5, 0.6) is 0 Å². The van der Waals surface area contributed by atoms with Crippen LogP contribution in [-0.2, 0) is 0 Å². The Morgan fingerprint density at radius 3 is 2.05 bits per heavy atom. The first-order valence-corrected chi connectivity index (χ1v) is 8.28. The molecule has 1 unspecified atom stereocenters. The maximum atomic E-state index is 6.02. The lowest BCUT2D eigenvalue weighted by Gasteiger charge is -2.48. The Morgan fingerprint density at radius 2 is 1.67 bits per heavy atom. The highest BCUT2D eigenvalue weighted by atomic mass is 15.3. The first kappa shape index (κ1) is 18.1. The predicted octanol–water partition coefficient (Wildman–Crippen LogP) is 3.71. The van der Waals surface area contributed by atoms with Crippen molar-refractivity contribution in [1.29, 1.82) is 0 Å². The van der Waals surface area contributed by atoms with Crippen molar-refractivity contribution in [2.75, 3.05) is 13.1 Å². The Hall–Kier alpha value is -0.900. The third-order valence-corrected chi connectivity index (χ3v) is 5.06. The predicted molar refractivity (Wildman–Crippen MR) is 92.2 cm³/mol. The SMILES string of the molecule is CCN(CC)C(CC)(CC)C(NN)c1ccc(C)cc1C. The second-order valence-electron chi connectivity index (χ2n) is 5.94. The standard InChI is InChI=1S/C18H33N3/c1-7-18(8-2,21(9-3)10-4)17(20-19)16-12-11-14(5)13-15(16)6/h11-13,17,20H,7-10,19H2,1-6H3. The smallest absolute Gasteiger partial charge is 0.0646 e. The molecule has 0 amide bonds. The molecule has 3 N–H and O–H groups in total. The molecule has 0 aliphatic carbocycles. The normalized spacial score (nSPS) is 13.7. The second kappa shape index (κ2) is 7.92. The van der Waals surface area contributed by atoms with Gasteiger partial charge in [0.05, 0.1) is 6.04 Å². The summed E-state index contributed by atoms with van der Waals surface area (Å²) in [6, 6.07) is 6.81. The molecular weight excluding hydrogens is 258 g/mol. The van der Waals surface area contributed by atoms with Crippen LogP contribution in [0.2, 0.25) is 0 Å². The van der Waals surface area contributed by atoms with Gasteiger partial charge in [0.15, 0.2) is 0 Å². The minimum Gasteiger partial charge on any atom is -0.296 e. The summed E-state index contributed by atoms with van der Waals surface area (Å²) >= 11 is 0. The van der Waals surface area contributed by atoms with E-state index < -0.39 is 0 Å². The molecule has 0 saturated carbocycles. The van der Waals surface area contributed by atoms with Crippen molar-refractivity contribution in [3.8, 4) is 0 Å². The highest BCUT2D eigenvalue weighted by molar-refractivity contribution is 5.35. The average molecular weight is 291 g/mol. The molecule has 0 aromatic heterocycles. The molecule has 0 aliphatic rings. The molecule has 3 nitrogen and oxygen atoms in total. The summed E-state index contributed by atoms with van der Waals surface area (Å²) in [6.45, 7) is 15.4. The summed E-state index contributed by atoms with van der Waals surface area (Å²) in [7, 11) is 0. The van der Waals surface area contributed by atoms with Gasteiger partial charge >= 0.3 is 0 Å². The quantitative estimate of drug-likeness (QED) is 0.567. The van der Waals surface area contributed by atoms with E-state index in [1.165, 1.54) is 16.7 Å². The summed E-state index contributed by atoms with van der Waals surface area (Å²) in [5, 5.41) is 0. The molecule has 1 rings (SSSR count). The van der Waals surface area contributed by atoms with E-state index in [0.717, 1.165) is 25.9 Å². The molecule has 0 bridgehead atoms. The largest absolute Gasteiger partial charge is 0.296 e. The third kappa shape index (κ3) is 3.47. The van der Waals surface area contributed by atoms with Gasteiger partial charge in [0, 0.05) is 5.54 Å². The van der Waals surface area contributed by atoms with Crippen molar-refractivity contribution in [2.24, 2.45) is 5.84 Å². The highest BCUT2D eigenvalue weighted by Crippen LogP contribution is 2.38. The van der Waals surface area contributed by atoms with Crippen LogP contribution >= 0.6 is 0 Å². The molecule has 0 radical (unpaired) electrons. The van der Waals surface area contributed by atoms with E-state index in [1.807, 2.05) is 0 Å². The number of nitrogens with one attached hydrogen (secondary N) is 1.